The monoisotopic (exact) mass is 351 g/mol. The highest BCUT2D eigenvalue weighted by Gasteiger charge is 2.54. The van der Waals surface area contributed by atoms with E-state index in [1.54, 1.807) is 0 Å². The molecule has 0 bridgehead atoms. The Labute approximate surface area is 158 Å². The van der Waals surface area contributed by atoms with Crippen LogP contribution in [0.15, 0.2) is 0 Å². The molecule has 0 atom stereocenters. The molecule has 0 heterocycles. The van der Waals surface area contributed by atoms with Crippen molar-refractivity contribution in [3.05, 3.63) is 0 Å². The topological polar surface area (TPSA) is 9.72 Å². The summed E-state index contributed by atoms with van der Waals surface area (Å²) in [5.41, 5.74) is 0. The third-order valence-electron chi connectivity index (χ3n) is 2.70. The molecule has 0 spiro atoms. The van der Waals surface area contributed by atoms with Gasteiger partial charge in [-0.25, -0.2) is 0 Å². The van der Waals surface area contributed by atoms with Crippen molar-refractivity contribution in [2.45, 2.75) is 101 Å². The second-order valence-electron chi connectivity index (χ2n) is 4.36. The highest BCUT2D eigenvalue weighted by atomic mass is 15.4. The maximum absolute atomic E-state index is 2.31. The van der Waals surface area contributed by atoms with Crippen molar-refractivity contribution in [2.24, 2.45) is 0 Å². The Morgan fingerprint density at radius 3 is 0.417 bits per heavy atom. The largest absolute Gasteiger partial charge is 0.303 e. The van der Waals surface area contributed by atoms with Crippen LogP contribution in [0.4, 0.5) is 0 Å². The fraction of sp³-hybridized carbons (Fsp3) is 1.00. The maximum Gasteiger partial charge on any atom is 0.0432 e. The molecular formula is C21H57N3. The average Bonchev–Trinajstić information content (AvgIpc) is 3.42. The van der Waals surface area contributed by atoms with Crippen LogP contribution in [0.1, 0.15) is 83.1 Å². The fourth-order valence-corrected chi connectivity index (χ4v) is 2.10. The quantitative estimate of drug-likeness (QED) is 0.622. The Morgan fingerprint density at radius 2 is 0.375 bits per heavy atom. The Kier molecular flexibility index (Phi) is 55.8. The molecule has 3 nitrogen and oxygen atoms in total. The van der Waals surface area contributed by atoms with Gasteiger partial charge in [0.15, 0.2) is 0 Å². The summed E-state index contributed by atoms with van der Waals surface area (Å²) in [4.78, 5) is 6.94. The molecule has 3 heteroatoms. The molecule has 1 aliphatic carbocycles. The summed E-state index contributed by atoms with van der Waals surface area (Å²) in [6.07, 6.45) is 0. The Morgan fingerprint density at radius 1 is 0.292 bits per heavy atom. The summed E-state index contributed by atoms with van der Waals surface area (Å²) in [5, 5.41) is 0. The molecule has 0 aliphatic heterocycles. The highest BCUT2D eigenvalue weighted by molar-refractivity contribution is 5.14. The van der Waals surface area contributed by atoms with Gasteiger partial charge in [0.05, 0.1) is 0 Å². The minimum Gasteiger partial charge on any atom is -0.303 e. The zero-order valence-electron chi connectivity index (χ0n) is 21.1. The molecule has 0 amide bonds. The smallest absolute Gasteiger partial charge is 0.0432 e. The van der Waals surface area contributed by atoms with Gasteiger partial charge in [0.2, 0.25) is 0 Å². The molecule has 1 saturated carbocycles. The van der Waals surface area contributed by atoms with E-state index in [2.05, 4.69) is 57.0 Å². The molecule has 1 aliphatic rings. The molecule has 0 radical (unpaired) electrons. The van der Waals surface area contributed by atoms with Crippen LogP contribution < -0.4 is 0 Å². The van der Waals surface area contributed by atoms with Gasteiger partial charge < -0.3 is 14.7 Å². The van der Waals surface area contributed by atoms with Crippen molar-refractivity contribution in [1.29, 1.82) is 0 Å². The van der Waals surface area contributed by atoms with Crippen LogP contribution in [0.2, 0.25) is 0 Å². The second-order valence-corrected chi connectivity index (χ2v) is 4.36. The van der Waals surface area contributed by atoms with E-state index in [1.807, 2.05) is 83.1 Å². The number of hydrogen-bond acceptors (Lipinski definition) is 3. The predicted octanol–water partition coefficient (Wildman–Crippen LogP) is 5.95. The molecule has 0 N–H and O–H groups in total. The summed E-state index contributed by atoms with van der Waals surface area (Å²) < 4.78 is 0. The van der Waals surface area contributed by atoms with Gasteiger partial charge in [-0.2, -0.15) is 0 Å². The SMILES string of the molecule is CC.CC.CC.CC.CC.CC.CN(C)C1C(N(C)C)C1N(C)C. The van der Waals surface area contributed by atoms with E-state index < -0.39 is 0 Å². The van der Waals surface area contributed by atoms with Gasteiger partial charge in [0.25, 0.3) is 0 Å². The van der Waals surface area contributed by atoms with Crippen LogP contribution in [-0.4, -0.2) is 75.1 Å². The Hall–Kier alpha value is -0.120. The van der Waals surface area contributed by atoms with Crippen LogP contribution in [0.3, 0.4) is 0 Å². The summed E-state index contributed by atoms with van der Waals surface area (Å²) in [5.74, 6) is 0. The lowest BCUT2D eigenvalue weighted by atomic mass is 10.5. The van der Waals surface area contributed by atoms with Crippen molar-refractivity contribution in [1.82, 2.24) is 14.7 Å². The summed E-state index contributed by atoms with van der Waals surface area (Å²) >= 11 is 0. The molecule has 1 fully saturated rings. The summed E-state index contributed by atoms with van der Waals surface area (Å²) in [6.45, 7) is 24.0. The predicted molar refractivity (Wildman–Crippen MR) is 121 cm³/mol. The van der Waals surface area contributed by atoms with Gasteiger partial charge in [0, 0.05) is 18.1 Å². The fourth-order valence-electron chi connectivity index (χ4n) is 2.10. The van der Waals surface area contributed by atoms with Gasteiger partial charge >= 0.3 is 0 Å². The summed E-state index contributed by atoms with van der Waals surface area (Å²) in [7, 11) is 12.9. The van der Waals surface area contributed by atoms with Gasteiger partial charge in [-0.15, -0.1) is 0 Å². The number of nitrogens with zero attached hydrogens (tertiary/aromatic N) is 3. The molecule has 0 aromatic heterocycles. The lowest BCUT2D eigenvalue weighted by Crippen LogP contribution is -2.25. The average molecular weight is 352 g/mol. The minimum atomic E-state index is 0.704. The van der Waals surface area contributed by atoms with Crippen molar-refractivity contribution in [3.63, 3.8) is 0 Å². The zero-order valence-corrected chi connectivity index (χ0v) is 21.1. The van der Waals surface area contributed by atoms with E-state index in [-0.39, 0.29) is 0 Å². The van der Waals surface area contributed by atoms with Gasteiger partial charge in [-0.1, -0.05) is 83.1 Å². The second kappa shape index (κ2) is 34.3. The van der Waals surface area contributed by atoms with E-state index >= 15 is 0 Å². The first-order valence-corrected chi connectivity index (χ1v) is 10.5. The molecule has 0 aromatic carbocycles. The molecular weight excluding hydrogens is 294 g/mol. The molecule has 24 heavy (non-hydrogen) atoms. The molecule has 0 saturated heterocycles. The minimum absolute atomic E-state index is 0.704. The van der Waals surface area contributed by atoms with Crippen LogP contribution in [0, 0.1) is 0 Å². The van der Waals surface area contributed by atoms with E-state index in [9.17, 15) is 0 Å². The number of likely N-dealkylation sites (N-methyl/N-ethyl adjacent to an activating group) is 3. The van der Waals surface area contributed by atoms with Crippen LogP contribution >= 0.6 is 0 Å². The van der Waals surface area contributed by atoms with Gasteiger partial charge in [0.1, 0.15) is 0 Å². The van der Waals surface area contributed by atoms with E-state index in [4.69, 9.17) is 0 Å². The molecule has 156 valence electrons. The van der Waals surface area contributed by atoms with E-state index in [0.29, 0.717) is 18.1 Å². The van der Waals surface area contributed by atoms with E-state index in [1.165, 1.54) is 0 Å². The van der Waals surface area contributed by atoms with E-state index in [0.717, 1.165) is 0 Å². The van der Waals surface area contributed by atoms with Crippen molar-refractivity contribution < 1.29 is 0 Å². The van der Waals surface area contributed by atoms with Gasteiger partial charge in [-0.05, 0) is 42.3 Å². The van der Waals surface area contributed by atoms with Crippen molar-refractivity contribution in [2.75, 3.05) is 42.3 Å². The van der Waals surface area contributed by atoms with Crippen molar-refractivity contribution in [3.8, 4) is 0 Å². The first-order valence-electron chi connectivity index (χ1n) is 10.5. The van der Waals surface area contributed by atoms with Crippen LogP contribution in [0.25, 0.3) is 0 Å². The summed E-state index contributed by atoms with van der Waals surface area (Å²) in [6, 6.07) is 2.11. The zero-order chi connectivity index (χ0) is 21.5. The maximum atomic E-state index is 2.31. The lowest BCUT2D eigenvalue weighted by molar-refractivity contribution is 0.315. The first-order chi connectivity index (χ1) is 11.5. The molecule has 0 aromatic rings. The normalized spacial score (nSPS) is 19.1. The number of hydrogen-bond donors (Lipinski definition) is 0. The van der Waals surface area contributed by atoms with Gasteiger partial charge in [-0.3, -0.25) is 0 Å². The molecule has 1 rings (SSSR count). The van der Waals surface area contributed by atoms with Crippen molar-refractivity contribution >= 4 is 0 Å². The number of rotatable bonds is 3. The highest BCUT2D eigenvalue weighted by Crippen LogP contribution is 2.34. The third-order valence-corrected chi connectivity index (χ3v) is 2.70. The lowest BCUT2D eigenvalue weighted by Gasteiger charge is -2.12. The Bertz CT molecular complexity index is 123. The Balaban J connectivity index is -0.0000000573. The first kappa shape index (κ1) is 39.1. The molecule has 0 unspecified atom stereocenters. The van der Waals surface area contributed by atoms with Crippen LogP contribution in [0.5, 0.6) is 0 Å². The third kappa shape index (κ3) is 19.9. The standard InChI is InChI=1S/C9H21N3.6C2H6/c1-10(2)7-8(11(3)4)9(7)12(5)6;6*1-2/h7-9H,1-6H3;6*1-2H3. The van der Waals surface area contributed by atoms with Crippen LogP contribution in [-0.2, 0) is 0 Å².